The number of nitrogens with zero attached hydrogens (tertiary/aromatic N) is 3. The first-order valence-electron chi connectivity index (χ1n) is 9.88. The lowest BCUT2D eigenvalue weighted by Gasteiger charge is -2.28. The van der Waals surface area contributed by atoms with Gasteiger partial charge in [0.1, 0.15) is 0 Å². The number of hydrogen-bond donors (Lipinski definition) is 1. The van der Waals surface area contributed by atoms with Gasteiger partial charge in [-0.1, -0.05) is 29.8 Å². The van der Waals surface area contributed by atoms with Crippen molar-refractivity contribution in [1.82, 2.24) is 10.2 Å². The summed E-state index contributed by atoms with van der Waals surface area (Å²) in [6.07, 6.45) is 0. The summed E-state index contributed by atoms with van der Waals surface area (Å²) in [6.45, 7) is 3.70. The van der Waals surface area contributed by atoms with Crippen molar-refractivity contribution < 1.29 is 17.9 Å². The van der Waals surface area contributed by atoms with Crippen molar-refractivity contribution in [3.05, 3.63) is 58.6 Å². The van der Waals surface area contributed by atoms with Crippen molar-refractivity contribution in [3.8, 4) is 0 Å². The number of hydrogen-bond acceptors (Lipinski definition) is 7. The van der Waals surface area contributed by atoms with Crippen LogP contribution in [-0.4, -0.2) is 57.6 Å². The Kier molecular flexibility index (Phi) is 6.29. The summed E-state index contributed by atoms with van der Waals surface area (Å²) >= 11 is 5.87. The fourth-order valence-electron chi connectivity index (χ4n) is 3.53. The topological polar surface area (TPSA) is 91.3 Å². The number of halogens is 1. The number of rotatable bonds is 5. The van der Waals surface area contributed by atoms with E-state index in [-0.39, 0.29) is 11.4 Å². The highest BCUT2D eigenvalue weighted by Gasteiger charge is 2.36. The van der Waals surface area contributed by atoms with E-state index in [0.717, 1.165) is 24.2 Å². The minimum Gasteiger partial charge on any atom is -0.379 e. The Hall–Kier alpha value is -2.46. The Morgan fingerprint density at radius 3 is 2.52 bits per heavy atom. The Labute approximate surface area is 186 Å². The Morgan fingerprint density at radius 2 is 1.81 bits per heavy atom. The maximum absolute atomic E-state index is 13.2. The smallest absolute Gasteiger partial charge is 0.284 e. The Morgan fingerprint density at radius 1 is 1.13 bits per heavy atom. The molecule has 2 heterocycles. The molecule has 0 unspecified atom stereocenters. The van der Waals surface area contributed by atoms with Crippen LogP contribution in [0, 0.1) is 0 Å². The number of nitrogens with one attached hydrogen (secondary N) is 1. The van der Waals surface area contributed by atoms with Gasteiger partial charge in [0.15, 0.2) is 0 Å². The van der Waals surface area contributed by atoms with E-state index in [4.69, 9.17) is 16.3 Å². The standard InChI is InChI=1S/C21H23ClN4O4S/c1-25-18-7-4-16(14-26-8-10-30-11-9-26)12-19(18)31(28,29)21(24-25)20(27)23-13-15-2-5-17(22)6-3-15/h2-7,12H,8-11,13-14H2,1H3,(H,23,27). The molecule has 8 nitrogen and oxygen atoms in total. The van der Waals surface area contributed by atoms with Gasteiger partial charge in [-0.05, 0) is 35.4 Å². The molecule has 0 atom stereocenters. The molecule has 2 aliphatic rings. The molecule has 0 spiro atoms. The lowest BCUT2D eigenvalue weighted by Crippen LogP contribution is -2.40. The van der Waals surface area contributed by atoms with Gasteiger partial charge in [0.05, 0.1) is 23.8 Å². The molecule has 4 rings (SSSR count). The van der Waals surface area contributed by atoms with Gasteiger partial charge in [-0.15, -0.1) is 0 Å². The average Bonchev–Trinajstić information content (AvgIpc) is 2.76. The summed E-state index contributed by atoms with van der Waals surface area (Å²) in [5.41, 5.74) is 2.11. The SMILES string of the molecule is CN1N=C(C(=O)NCc2ccc(Cl)cc2)S(=O)(=O)c2cc(CN3CCOCC3)ccc21. The number of carbonyl (C=O) groups is 1. The molecule has 2 aromatic carbocycles. The van der Waals surface area contributed by atoms with Crippen LogP contribution in [0.5, 0.6) is 0 Å². The third-order valence-electron chi connectivity index (χ3n) is 5.23. The van der Waals surface area contributed by atoms with Gasteiger partial charge in [0, 0.05) is 38.2 Å². The van der Waals surface area contributed by atoms with Crippen molar-refractivity contribution in [2.45, 2.75) is 18.0 Å². The number of benzene rings is 2. The van der Waals surface area contributed by atoms with Gasteiger partial charge in [-0.2, -0.15) is 5.10 Å². The van der Waals surface area contributed by atoms with Crippen LogP contribution in [0.1, 0.15) is 11.1 Å². The molecule has 1 fully saturated rings. The van der Waals surface area contributed by atoms with Crippen molar-refractivity contribution >= 4 is 38.1 Å². The first-order valence-corrected chi connectivity index (χ1v) is 11.7. The summed E-state index contributed by atoms with van der Waals surface area (Å²) < 4.78 is 31.8. The van der Waals surface area contributed by atoms with Gasteiger partial charge >= 0.3 is 0 Å². The predicted molar refractivity (Wildman–Crippen MR) is 119 cm³/mol. The molecule has 2 aliphatic heterocycles. The van der Waals surface area contributed by atoms with Crippen LogP contribution in [0.4, 0.5) is 5.69 Å². The van der Waals surface area contributed by atoms with Gasteiger partial charge in [-0.25, -0.2) is 8.42 Å². The molecule has 0 radical (unpaired) electrons. The van der Waals surface area contributed by atoms with Crippen molar-refractivity contribution in [2.24, 2.45) is 5.10 Å². The van der Waals surface area contributed by atoms with Crippen molar-refractivity contribution in [1.29, 1.82) is 0 Å². The van der Waals surface area contributed by atoms with Crippen LogP contribution in [0.3, 0.4) is 0 Å². The third-order valence-corrected chi connectivity index (χ3v) is 7.16. The van der Waals surface area contributed by atoms with E-state index in [2.05, 4.69) is 15.3 Å². The molecule has 0 bridgehead atoms. The normalized spacial score (nSPS) is 18.3. The highest BCUT2D eigenvalue weighted by molar-refractivity contribution is 8.08. The minimum atomic E-state index is -4.06. The lowest BCUT2D eigenvalue weighted by molar-refractivity contribution is -0.114. The second-order valence-electron chi connectivity index (χ2n) is 7.43. The van der Waals surface area contributed by atoms with E-state index in [9.17, 15) is 13.2 Å². The third kappa shape index (κ3) is 4.74. The Balaban J connectivity index is 1.54. The number of carbonyl (C=O) groups excluding carboxylic acids is 1. The molecule has 164 valence electrons. The van der Waals surface area contributed by atoms with E-state index >= 15 is 0 Å². The highest BCUT2D eigenvalue weighted by Crippen LogP contribution is 2.32. The van der Waals surface area contributed by atoms with E-state index in [1.165, 1.54) is 5.01 Å². The van der Waals surface area contributed by atoms with Crippen LogP contribution in [0.2, 0.25) is 5.02 Å². The number of morpholine rings is 1. The van der Waals surface area contributed by atoms with Crippen molar-refractivity contribution in [3.63, 3.8) is 0 Å². The van der Waals surface area contributed by atoms with Crippen LogP contribution in [0.15, 0.2) is 52.5 Å². The number of fused-ring (bicyclic) bond motifs is 1. The van der Waals surface area contributed by atoms with Gasteiger partial charge < -0.3 is 10.1 Å². The fraction of sp³-hybridized carbons (Fsp3) is 0.333. The quantitative estimate of drug-likeness (QED) is 0.731. The van der Waals surface area contributed by atoms with Crippen LogP contribution < -0.4 is 10.3 Å². The zero-order valence-corrected chi connectivity index (χ0v) is 18.6. The average molecular weight is 463 g/mol. The second-order valence-corrected chi connectivity index (χ2v) is 9.70. The second kappa shape index (κ2) is 8.96. The maximum Gasteiger partial charge on any atom is 0.284 e. The molecule has 0 aromatic heterocycles. The Bertz CT molecular complexity index is 1110. The van der Waals surface area contributed by atoms with Crippen LogP contribution >= 0.6 is 11.6 Å². The van der Waals surface area contributed by atoms with Crippen LogP contribution in [-0.2, 0) is 32.5 Å². The summed E-state index contributed by atoms with van der Waals surface area (Å²) in [4.78, 5) is 15.0. The number of sulfone groups is 1. The predicted octanol–water partition coefficient (Wildman–Crippen LogP) is 2.03. The molecule has 2 aromatic rings. The number of anilines is 1. The zero-order valence-electron chi connectivity index (χ0n) is 17.0. The lowest BCUT2D eigenvalue weighted by atomic mass is 10.2. The monoisotopic (exact) mass is 462 g/mol. The molecular weight excluding hydrogens is 440 g/mol. The number of amides is 1. The van der Waals surface area contributed by atoms with E-state index in [0.29, 0.717) is 30.5 Å². The zero-order chi connectivity index (χ0) is 22.0. The molecule has 0 saturated carbocycles. The first kappa shape index (κ1) is 21.8. The fourth-order valence-corrected chi connectivity index (χ4v) is 5.20. The molecular formula is C21H23ClN4O4S. The number of ether oxygens (including phenoxy) is 1. The van der Waals surface area contributed by atoms with Gasteiger partial charge in [0.2, 0.25) is 14.9 Å². The molecule has 0 aliphatic carbocycles. The van der Waals surface area contributed by atoms with E-state index in [1.807, 2.05) is 6.07 Å². The number of hydrazone groups is 1. The van der Waals surface area contributed by atoms with Gasteiger partial charge in [0.25, 0.3) is 5.91 Å². The van der Waals surface area contributed by atoms with Crippen LogP contribution in [0.25, 0.3) is 0 Å². The largest absolute Gasteiger partial charge is 0.379 e. The molecule has 1 N–H and O–H groups in total. The van der Waals surface area contributed by atoms with E-state index in [1.54, 1.807) is 43.4 Å². The maximum atomic E-state index is 13.2. The first-order chi connectivity index (χ1) is 14.8. The summed E-state index contributed by atoms with van der Waals surface area (Å²) in [6, 6.07) is 12.2. The van der Waals surface area contributed by atoms with Crippen molar-refractivity contribution in [2.75, 3.05) is 38.4 Å². The minimum absolute atomic E-state index is 0.0902. The highest BCUT2D eigenvalue weighted by atomic mass is 35.5. The molecule has 10 heteroatoms. The summed E-state index contributed by atoms with van der Waals surface area (Å²) in [5.74, 6) is -0.744. The van der Waals surface area contributed by atoms with E-state index < -0.39 is 20.8 Å². The van der Waals surface area contributed by atoms with Gasteiger partial charge in [-0.3, -0.25) is 14.7 Å². The molecule has 1 saturated heterocycles. The summed E-state index contributed by atoms with van der Waals surface area (Å²) in [5, 5.41) is 8.18. The molecule has 31 heavy (non-hydrogen) atoms. The summed E-state index contributed by atoms with van der Waals surface area (Å²) in [7, 11) is -2.43. The molecule has 1 amide bonds.